The number of halogens is 1. The van der Waals surface area contributed by atoms with Crippen LogP contribution in [0.4, 0.5) is 5.82 Å². The Balaban J connectivity index is 2.42. The number of carbonyl (C=O) groups excluding carboxylic acids is 1. The van der Waals surface area contributed by atoms with E-state index in [1.165, 1.54) is 6.07 Å². The number of hydrogen-bond acceptors (Lipinski definition) is 4. The second-order valence-electron chi connectivity index (χ2n) is 3.70. The smallest absolute Gasteiger partial charge is 0.221 e. The molecule has 0 aromatic carbocycles. The van der Waals surface area contributed by atoms with Crippen LogP contribution in [0.5, 0.6) is 0 Å². The molecule has 1 amide bonds. The van der Waals surface area contributed by atoms with E-state index in [2.05, 4.69) is 15.6 Å². The monoisotopic (exact) mass is 266 g/mol. The Kier molecular flexibility index (Phi) is 5.95. The summed E-state index contributed by atoms with van der Waals surface area (Å²) < 4.78 is 0. The first-order valence-electron chi connectivity index (χ1n) is 5.74. The minimum atomic E-state index is -0.00751. The van der Waals surface area contributed by atoms with E-state index in [4.69, 9.17) is 16.9 Å². The molecule has 0 radical (unpaired) electrons. The lowest BCUT2D eigenvalue weighted by Crippen LogP contribution is -2.25. The Labute approximate surface area is 111 Å². The molecule has 0 saturated carbocycles. The molecule has 18 heavy (non-hydrogen) atoms. The topological polar surface area (TPSA) is 77.8 Å². The van der Waals surface area contributed by atoms with Crippen molar-refractivity contribution < 1.29 is 4.79 Å². The number of nitrogens with zero attached hydrogens (tertiary/aromatic N) is 2. The van der Waals surface area contributed by atoms with Crippen molar-refractivity contribution in [3.8, 4) is 6.07 Å². The van der Waals surface area contributed by atoms with Crippen LogP contribution in [-0.4, -0.2) is 24.0 Å². The minimum absolute atomic E-state index is 0.00751. The number of nitriles is 1. The van der Waals surface area contributed by atoms with Gasteiger partial charge in [0.05, 0.1) is 11.6 Å². The fourth-order valence-electron chi connectivity index (χ4n) is 1.31. The summed E-state index contributed by atoms with van der Waals surface area (Å²) in [6.07, 6.45) is 1.27. The van der Waals surface area contributed by atoms with Gasteiger partial charge in [0.2, 0.25) is 5.91 Å². The third kappa shape index (κ3) is 5.02. The van der Waals surface area contributed by atoms with E-state index in [1.54, 1.807) is 6.07 Å². The second kappa shape index (κ2) is 7.51. The number of rotatable bonds is 6. The summed E-state index contributed by atoms with van der Waals surface area (Å²) in [7, 11) is 0. The van der Waals surface area contributed by atoms with Gasteiger partial charge in [-0.3, -0.25) is 4.79 Å². The van der Waals surface area contributed by atoms with Gasteiger partial charge in [-0.05, 0) is 18.6 Å². The average molecular weight is 267 g/mol. The number of carbonyl (C=O) groups is 1. The third-order valence-corrected chi connectivity index (χ3v) is 2.35. The standard InChI is InChI=1S/C12H15ClN4O/c1-2-4-16-12(18)3-5-15-11-7-9(8-14)6-10(13)17-11/h6-7H,2-5H2,1H3,(H,15,17)(H,16,18). The molecule has 1 aromatic rings. The molecule has 0 bridgehead atoms. The van der Waals surface area contributed by atoms with Gasteiger partial charge in [-0.15, -0.1) is 0 Å². The molecular formula is C12H15ClN4O. The number of nitrogens with one attached hydrogen (secondary N) is 2. The SMILES string of the molecule is CCCNC(=O)CCNc1cc(C#N)cc(Cl)n1. The van der Waals surface area contributed by atoms with E-state index in [0.717, 1.165) is 6.42 Å². The maximum Gasteiger partial charge on any atom is 0.221 e. The predicted molar refractivity (Wildman–Crippen MR) is 70.4 cm³/mol. The molecule has 96 valence electrons. The van der Waals surface area contributed by atoms with Crippen LogP contribution >= 0.6 is 11.6 Å². The van der Waals surface area contributed by atoms with Gasteiger partial charge >= 0.3 is 0 Å². The molecule has 6 heteroatoms. The lowest BCUT2D eigenvalue weighted by Gasteiger charge is -2.06. The number of pyridine rings is 1. The van der Waals surface area contributed by atoms with Crippen molar-refractivity contribution in [2.75, 3.05) is 18.4 Å². The zero-order valence-corrected chi connectivity index (χ0v) is 10.9. The van der Waals surface area contributed by atoms with Crippen molar-refractivity contribution in [2.45, 2.75) is 19.8 Å². The van der Waals surface area contributed by atoms with Crippen molar-refractivity contribution in [1.29, 1.82) is 5.26 Å². The first-order chi connectivity index (χ1) is 8.65. The van der Waals surface area contributed by atoms with Crippen molar-refractivity contribution in [1.82, 2.24) is 10.3 Å². The first kappa shape index (κ1) is 14.3. The minimum Gasteiger partial charge on any atom is -0.369 e. The Morgan fingerprint density at radius 1 is 1.50 bits per heavy atom. The van der Waals surface area contributed by atoms with Gasteiger partial charge in [-0.2, -0.15) is 5.26 Å². The number of anilines is 1. The lowest BCUT2D eigenvalue weighted by molar-refractivity contribution is -0.120. The highest BCUT2D eigenvalue weighted by atomic mass is 35.5. The summed E-state index contributed by atoms with van der Waals surface area (Å²) in [5, 5.41) is 14.8. The summed E-state index contributed by atoms with van der Waals surface area (Å²) in [6.45, 7) is 3.14. The van der Waals surface area contributed by atoms with Gasteiger partial charge in [0.15, 0.2) is 0 Å². The molecule has 0 aliphatic heterocycles. The number of amides is 1. The molecule has 0 fully saturated rings. The van der Waals surface area contributed by atoms with Crippen LogP contribution in [0.1, 0.15) is 25.3 Å². The Hall–Kier alpha value is -1.80. The van der Waals surface area contributed by atoms with Crippen LogP contribution in [0.3, 0.4) is 0 Å². The van der Waals surface area contributed by atoms with Crippen LogP contribution in [0.15, 0.2) is 12.1 Å². The van der Waals surface area contributed by atoms with Crippen molar-refractivity contribution >= 4 is 23.3 Å². The number of hydrogen-bond donors (Lipinski definition) is 2. The zero-order chi connectivity index (χ0) is 13.4. The van der Waals surface area contributed by atoms with Gasteiger partial charge < -0.3 is 10.6 Å². The van der Waals surface area contributed by atoms with Crippen LogP contribution in [0.25, 0.3) is 0 Å². The molecule has 0 atom stereocenters. The van der Waals surface area contributed by atoms with Gasteiger partial charge in [0.25, 0.3) is 0 Å². The maximum absolute atomic E-state index is 11.3. The van der Waals surface area contributed by atoms with E-state index in [9.17, 15) is 4.79 Å². The van der Waals surface area contributed by atoms with E-state index in [0.29, 0.717) is 30.9 Å². The normalized spacial score (nSPS) is 9.61. The van der Waals surface area contributed by atoms with E-state index in [1.807, 2.05) is 13.0 Å². The summed E-state index contributed by atoms with van der Waals surface area (Å²) in [5.74, 6) is 0.495. The number of aromatic nitrogens is 1. The van der Waals surface area contributed by atoms with Crippen LogP contribution < -0.4 is 10.6 Å². The third-order valence-electron chi connectivity index (χ3n) is 2.15. The molecule has 1 heterocycles. The molecule has 0 aliphatic rings. The van der Waals surface area contributed by atoms with E-state index >= 15 is 0 Å². The highest BCUT2D eigenvalue weighted by molar-refractivity contribution is 6.29. The average Bonchev–Trinajstić information content (AvgIpc) is 2.35. The molecule has 0 spiro atoms. The summed E-state index contributed by atoms with van der Waals surface area (Å²) in [5.41, 5.74) is 0.438. The summed E-state index contributed by atoms with van der Waals surface area (Å²) in [4.78, 5) is 15.3. The molecular weight excluding hydrogens is 252 g/mol. The molecule has 1 rings (SSSR count). The molecule has 2 N–H and O–H groups in total. The molecule has 0 unspecified atom stereocenters. The van der Waals surface area contributed by atoms with Crippen molar-refractivity contribution in [2.24, 2.45) is 0 Å². The lowest BCUT2D eigenvalue weighted by atomic mass is 10.3. The van der Waals surface area contributed by atoms with Crippen LogP contribution in [-0.2, 0) is 4.79 Å². The van der Waals surface area contributed by atoms with Crippen molar-refractivity contribution in [3.05, 3.63) is 22.8 Å². The predicted octanol–water partition coefficient (Wildman–Crippen LogP) is 1.93. The molecule has 1 aromatic heterocycles. The highest BCUT2D eigenvalue weighted by Gasteiger charge is 2.02. The zero-order valence-electron chi connectivity index (χ0n) is 10.2. The van der Waals surface area contributed by atoms with E-state index < -0.39 is 0 Å². The fourth-order valence-corrected chi connectivity index (χ4v) is 1.52. The van der Waals surface area contributed by atoms with Gasteiger partial charge in [0, 0.05) is 19.5 Å². The summed E-state index contributed by atoms with van der Waals surface area (Å²) >= 11 is 5.76. The van der Waals surface area contributed by atoms with Crippen molar-refractivity contribution in [3.63, 3.8) is 0 Å². The van der Waals surface area contributed by atoms with Gasteiger partial charge in [0.1, 0.15) is 11.0 Å². The van der Waals surface area contributed by atoms with Gasteiger partial charge in [-0.25, -0.2) is 4.98 Å². The highest BCUT2D eigenvalue weighted by Crippen LogP contribution is 2.13. The Morgan fingerprint density at radius 2 is 2.28 bits per heavy atom. The van der Waals surface area contributed by atoms with E-state index in [-0.39, 0.29) is 11.1 Å². The van der Waals surface area contributed by atoms with Gasteiger partial charge in [-0.1, -0.05) is 18.5 Å². The summed E-state index contributed by atoms with van der Waals surface area (Å²) in [6, 6.07) is 5.07. The Morgan fingerprint density at radius 3 is 2.94 bits per heavy atom. The second-order valence-corrected chi connectivity index (χ2v) is 4.09. The first-order valence-corrected chi connectivity index (χ1v) is 6.11. The molecule has 5 nitrogen and oxygen atoms in total. The fraction of sp³-hybridized carbons (Fsp3) is 0.417. The largest absolute Gasteiger partial charge is 0.369 e. The quantitative estimate of drug-likeness (QED) is 0.772. The van der Waals surface area contributed by atoms with Crippen LogP contribution in [0.2, 0.25) is 5.15 Å². The molecule has 0 aliphatic carbocycles. The van der Waals surface area contributed by atoms with Crippen LogP contribution in [0, 0.1) is 11.3 Å². The Bertz CT molecular complexity index is 456. The maximum atomic E-state index is 11.3. The molecule has 0 saturated heterocycles.